The molecule has 1 atom stereocenters. The van der Waals surface area contributed by atoms with Crippen LogP contribution < -0.4 is 5.73 Å². The predicted molar refractivity (Wildman–Crippen MR) is 54.9 cm³/mol. The lowest BCUT2D eigenvalue weighted by atomic mass is 9.90. The molecular weight excluding hydrogens is 180 g/mol. The Labute approximate surface area is 82.9 Å². The summed E-state index contributed by atoms with van der Waals surface area (Å²) in [6.45, 7) is 3.82. The Kier molecular flexibility index (Phi) is 2.86. The average molecular weight is 194 g/mol. The molecule has 1 rings (SSSR count). The van der Waals surface area contributed by atoms with Crippen LogP contribution in [0.3, 0.4) is 0 Å². The summed E-state index contributed by atoms with van der Waals surface area (Å²) in [5.74, 6) is 0. The first-order valence-corrected chi connectivity index (χ1v) is 4.51. The smallest absolute Gasteiger partial charge is 0.269 e. The summed E-state index contributed by atoms with van der Waals surface area (Å²) in [6, 6.07) is 6.48. The summed E-state index contributed by atoms with van der Waals surface area (Å²) in [5, 5.41) is 10.5. The van der Waals surface area contributed by atoms with Gasteiger partial charge < -0.3 is 5.73 Å². The van der Waals surface area contributed by atoms with Crippen molar-refractivity contribution in [3.63, 3.8) is 0 Å². The van der Waals surface area contributed by atoms with Gasteiger partial charge in [0.15, 0.2) is 0 Å². The number of nitrogens with two attached hydrogens (primary N) is 1. The number of rotatable bonds is 3. The van der Waals surface area contributed by atoms with E-state index in [-0.39, 0.29) is 5.69 Å². The van der Waals surface area contributed by atoms with E-state index >= 15 is 0 Å². The molecule has 0 aliphatic carbocycles. The van der Waals surface area contributed by atoms with Gasteiger partial charge in [0.05, 0.1) is 4.92 Å². The molecule has 0 fully saturated rings. The third-order valence-electron chi connectivity index (χ3n) is 2.45. The minimum atomic E-state index is -0.494. The summed E-state index contributed by atoms with van der Waals surface area (Å²) in [4.78, 5) is 10.1. The molecule has 14 heavy (non-hydrogen) atoms. The van der Waals surface area contributed by atoms with E-state index in [0.717, 1.165) is 12.0 Å². The van der Waals surface area contributed by atoms with E-state index in [4.69, 9.17) is 5.73 Å². The van der Waals surface area contributed by atoms with Crippen LogP contribution >= 0.6 is 0 Å². The van der Waals surface area contributed by atoms with Crippen molar-refractivity contribution in [3.8, 4) is 0 Å². The maximum Gasteiger partial charge on any atom is 0.269 e. The zero-order valence-electron chi connectivity index (χ0n) is 8.36. The van der Waals surface area contributed by atoms with Gasteiger partial charge in [0, 0.05) is 17.7 Å². The molecule has 0 aliphatic rings. The molecule has 1 unspecified atom stereocenters. The van der Waals surface area contributed by atoms with Crippen molar-refractivity contribution in [2.45, 2.75) is 25.8 Å². The monoisotopic (exact) mass is 194 g/mol. The summed E-state index contributed by atoms with van der Waals surface area (Å²) in [5.41, 5.74) is 6.38. The molecule has 0 aliphatic heterocycles. The molecule has 4 nitrogen and oxygen atoms in total. The highest BCUT2D eigenvalue weighted by atomic mass is 16.6. The maximum atomic E-state index is 10.5. The SMILES string of the molecule is CCC(C)(N)c1cccc([N+](=O)[O-])c1. The van der Waals surface area contributed by atoms with E-state index in [1.807, 2.05) is 19.9 Å². The Bertz CT molecular complexity index is 348. The fourth-order valence-corrected chi connectivity index (χ4v) is 1.18. The van der Waals surface area contributed by atoms with Crippen LogP contribution in [0.25, 0.3) is 0 Å². The van der Waals surface area contributed by atoms with E-state index in [2.05, 4.69) is 0 Å². The van der Waals surface area contributed by atoms with E-state index in [9.17, 15) is 10.1 Å². The molecule has 0 bridgehead atoms. The Morgan fingerprint density at radius 3 is 2.71 bits per heavy atom. The van der Waals surface area contributed by atoms with E-state index in [1.54, 1.807) is 6.07 Å². The molecule has 76 valence electrons. The van der Waals surface area contributed by atoms with Crippen LogP contribution in [0.15, 0.2) is 24.3 Å². The Morgan fingerprint density at radius 1 is 1.57 bits per heavy atom. The van der Waals surface area contributed by atoms with Crippen molar-refractivity contribution in [1.29, 1.82) is 0 Å². The van der Waals surface area contributed by atoms with Crippen molar-refractivity contribution in [2.24, 2.45) is 5.73 Å². The molecule has 0 saturated heterocycles. The lowest BCUT2D eigenvalue weighted by Crippen LogP contribution is -2.31. The van der Waals surface area contributed by atoms with Gasteiger partial charge in [-0.15, -0.1) is 0 Å². The molecule has 2 N–H and O–H groups in total. The maximum absolute atomic E-state index is 10.5. The molecular formula is C10H14N2O2. The van der Waals surface area contributed by atoms with Gasteiger partial charge in [0.25, 0.3) is 5.69 Å². The molecule has 0 amide bonds. The van der Waals surface area contributed by atoms with Crippen molar-refractivity contribution < 1.29 is 4.92 Å². The minimum Gasteiger partial charge on any atom is -0.322 e. The minimum absolute atomic E-state index is 0.0904. The average Bonchev–Trinajstić information content (AvgIpc) is 2.18. The third-order valence-corrected chi connectivity index (χ3v) is 2.45. The molecule has 0 spiro atoms. The first kappa shape index (κ1) is 10.7. The van der Waals surface area contributed by atoms with E-state index in [1.165, 1.54) is 12.1 Å². The van der Waals surface area contributed by atoms with Gasteiger partial charge in [-0.25, -0.2) is 0 Å². The predicted octanol–water partition coefficient (Wildman–Crippen LogP) is 2.18. The van der Waals surface area contributed by atoms with Gasteiger partial charge in [0.1, 0.15) is 0 Å². The zero-order valence-corrected chi connectivity index (χ0v) is 8.36. The first-order valence-electron chi connectivity index (χ1n) is 4.51. The van der Waals surface area contributed by atoms with Crippen LogP contribution in [0.5, 0.6) is 0 Å². The number of nitrogens with zero attached hydrogens (tertiary/aromatic N) is 1. The second-order valence-corrected chi connectivity index (χ2v) is 3.58. The van der Waals surface area contributed by atoms with Crippen LogP contribution in [0.1, 0.15) is 25.8 Å². The van der Waals surface area contributed by atoms with Gasteiger partial charge in [-0.3, -0.25) is 10.1 Å². The van der Waals surface area contributed by atoms with Crippen LogP contribution in [0, 0.1) is 10.1 Å². The number of nitro benzene ring substituents is 1. The summed E-state index contributed by atoms with van der Waals surface area (Å²) < 4.78 is 0. The van der Waals surface area contributed by atoms with Crippen LogP contribution in [0.4, 0.5) is 5.69 Å². The number of hydrogen-bond donors (Lipinski definition) is 1. The molecule has 1 aromatic rings. The Morgan fingerprint density at radius 2 is 2.21 bits per heavy atom. The van der Waals surface area contributed by atoms with Gasteiger partial charge >= 0.3 is 0 Å². The van der Waals surface area contributed by atoms with Crippen LogP contribution in [-0.4, -0.2) is 4.92 Å². The first-order chi connectivity index (χ1) is 6.47. The summed E-state index contributed by atoms with van der Waals surface area (Å²) in [7, 11) is 0. The van der Waals surface area contributed by atoms with Crippen molar-refractivity contribution in [1.82, 2.24) is 0 Å². The van der Waals surface area contributed by atoms with Gasteiger partial charge in [-0.05, 0) is 18.9 Å². The standard InChI is InChI=1S/C10H14N2O2/c1-3-10(2,11)8-5-4-6-9(7-8)12(13)14/h4-7H,3,11H2,1-2H3. The number of hydrogen-bond acceptors (Lipinski definition) is 3. The molecule has 0 heterocycles. The molecule has 4 heteroatoms. The normalized spacial score (nSPS) is 14.8. The van der Waals surface area contributed by atoms with Gasteiger partial charge in [-0.1, -0.05) is 19.1 Å². The molecule has 0 saturated carbocycles. The third kappa shape index (κ3) is 2.09. The van der Waals surface area contributed by atoms with Crippen molar-refractivity contribution >= 4 is 5.69 Å². The lowest BCUT2D eigenvalue weighted by molar-refractivity contribution is -0.385. The fourth-order valence-electron chi connectivity index (χ4n) is 1.18. The van der Waals surface area contributed by atoms with Crippen molar-refractivity contribution in [3.05, 3.63) is 39.9 Å². The highest BCUT2D eigenvalue weighted by molar-refractivity contribution is 5.37. The molecule has 0 radical (unpaired) electrons. The fraction of sp³-hybridized carbons (Fsp3) is 0.400. The van der Waals surface area contributed by atoms with Gasteiger partial charge in [0.2, 0.25) is 0 Å². The largest absolute Gasteiger partial charge is 0.322 e. The second-order valence-electron chi connectivity index (χ2n) is 3.58. The van der Waals surface area contributed by atoms with E-state index in [0.29, 0.717) is 0 Å². The highest BCUT2D eigenvalue weighted by Crippen LogP contribution is 2.24. The Balaban J connectivity index is 3.12. The quantitative estimate of drug-likeness (QED) is 0.592. The van der Waals surface area contributed by atoms with Crippen LogP contribution in [0.2, 0.25) is 0 Å². The second kappa shape index (κ2) is 3.75. The molecule has 0 aromatic heterocycles. The Hall–Kier alpha value is -1.42. The zero-order chi connectivity index (χ0) is 10.8. The van der Waals surface area contributed by atoms with E-state index < -0.39 is 10.5 Å². The van der Waals surface area contributed by atoms with Crippen molar-refractivity contribution in [2.75, 3.05) is 0 Å². The number of benzene rings is 1. The summed E-state index contributed by atoms with van der Waals surface area (Å²) in [6.07, 6.45) is 0.744. The number of non-ortho nitro benzene ring substituents is 1. The van der Waals surface area contributed by atoms with Gasteiger partial charge in [-0.2, -0.15) is 0 Å². The number of nitro groups is 1. The topological polar surface area (TPSA) is 69.2 Å². The lowest BCUT2D eigenvalue weighted by Gasteiger charge is -2.22. The molecule has 1 aromatic carbocycles. The highest BCUT2D eigenvalue weighted by Gasteiger charge is 2.20. The summed E-state index contributed by atoms with van der Waals surface area (Å²) >= 11 is 0. The van der Waals surface area contributed by atoms with Crippen LogP contribution in [-0.2, 0) is 5.54 Å².